The van der Waals surface area contributed by atoms with Crippen LogP contribution in [0.5, 0.6) is 0 Å². The molecule has 2 aromatic heterocycles. The summed E-state index contributed by atoms with van der Waals surface area (Å²) in [6.45, 7) is 0. The first-order valence-corrected chi connectivity index (χ1v) is 14.9. The molecular formula is C40H27N3. The van der Waals surface area contributed by atoms with Crippen molar-refractivity contribution in [3.8, 4) is 22.5 Å². The zero-order valence-corrected chi connectivity index (χ0v) is 23.5. The number of rotatable bonds is 3. The summed E-state index contributed by atoms with van der Waals surface area (Å²) in [6, 6.07) is 43.7. The van der Waals surface area contributed by atoms with E-state index in [0.717, 1.165) is 39.9 Å². The standard InChI is InChI=1S/C40H27N3/c1-2-12-30(13-3-1)43-36-17-9-8-16-35(36)41-40(43)29-20-18-28(19-21-29)37-33-24-22-26-10-4-6-14-31(26)38(33)42-39-32-15-7-5-11-27(32)23-25-34(37)39/h1-12,14-25,30H,13H2. The first-order valence-electron chi connectivity index (χ1n) is 14.9. The van der Waals surface area contributed by atoms with Crippen molar-refractivity contribution >= 4 is 54.4 Å². The number of aromatic nitrogens is 3. The lowest BCUT2D eigenvalue weighted by Gasteiger charge is -2.19. The Labute approximate surface area is 249 Å². The predicted octanol–water partition coefficient (Wildman–Crippen LogP) is 10.4. The van der Waals surface area contributed by atoms with E-state index in [1.54, 1.807) is 0 Å². The van der Waals surface area contributed by atoms with Crippen molar-refractivity contribution in [2.75, 3.05) is 0 Å². The molecule has 0 radical (unpaired) electrons. The van der Waals surface area contributed by atoms with Crippen molar-refractivity contribution in [1.29, 1.82) is 0 Å². The maximum Gasteiger partial charge on any atom is 0.141 e. The average molecular weight is 550 g/mol. The smallest absolute Gasteiger partial charge is 0.141 e. The molecule has 202 valence electrons. The Kier molecular flexibility index (Phi) is 5.32. The number of hydrogen-bond acceptors (Lipinski definition) is 2. The molecule has 0 spiro atoms. The maximum absolute atomic E-state index is 5.35. The quantitative estimate of drug-likeness (QED) is 0.162. The minimum absolute atomic E-state index is 0.238. The van der Waals surface area contributed by atoms with E-state index in [9.17, 15) is 0 Å². The highest BCUT2D eigenvalue weighted by Crippen LogP contribution is 2.41. The Morgan fingerprint density at radius 1 is 0.535 bits per heavy atom. The number of benzene rings is 6. The van der Waals surface area contributed by atoms with Crippen LogP contribution >= 0.6 is 0 Å². The highest BCUT2D eigenvalue weighted by atomic mass is 15.1. The number of allylic oxidation sites excluding steroid dienone is 4. The Morgan fingerprint density at radius 2 is 1.16 bits per heavy atom. The van der Waals surface area contributed by atoms with Crippen LogP contribution in [0.4, 0.5) is 0 Å². The van der Waals surface area contributed by atoms with E-state index in [0.29, 0.717) is 0 Å². The molecule has 3 nitrogen and oxygen atoms in total. The third kappa shape index (κ3) is 3.75. The molecule has 0 saturated carbocycles. The SMILES string of the molecule is C1=CCC(n2c(-c3ccc(-c4c5ccc6ccccc6c5nc5c4ccc4ccccc45)cc3)nc3ccccc32)C=C1. The second-order valence-electron chi connectivity index (χ2n) is 11.3. The van der Waals surface area contributed by atoms with Crippen molar-refractivity contribution < 1.29 is 0 Å². The van der Waals surface area contributed by atoms with Crippen molar-refractivity contribution in [3.05, 3.63) is 146 Å². The molecule has 1 unspecified atom stereocenters. The van der Waals surface area contributed by atoms with Crippen LogP contribution in [0.15, 0.2) is 146 Å². The van der Waals surface area contributed by atoms with Crippen LogP contribution in [-0.4, -0.2) is 14.5 Å². The first-order chi connectivity index (χ1) is 21.3. The van der Waals surface area contributed by atoms with E-state index in [4.69, 9.17) is 9.97 Å². The monoisotopic (exact) mass is 549 g/mol. The van der Waals surface area contributed by atoms with Crippen LogP contribution in [0.3, 0.4) is 0 Å². The summed E-state index contributed by atoms with van der Waals surface area (Å²) >= 11 is 0. The highest BCUT2D eigenvalue weighted by Gasteiger charge is 2.20. The van der Waals surface area contributed by atoms with Gasteiger partial charge in [-0.3, -0.25) is 0 Å². The average Bonchev–Trinajstić information content (AvgIpc) is 3.47. The predicted molar refractivity (Wildman–Crippen MR) is 180 cm³/mol. The molecular weight excluding hydrogens is 522 g/mol. The highest BCUT2D eigenvalue weighted by molar-refractivity contribution is 6.21. The molecule has 1 aliphatic carbocycles. The van der Waals surface area contributed by atoms with Gasteiger partial charge in [-0.2, -0.15) is 0 Å². The van der Waals surface area contributed by atoms with Gasteiger partial charge in [-0.05, 0) is 34.9 Å². The van der Waals surface area contributed by atoms with Crippen molar-refractivity contribution in [1.82, 2.24) is 14.5 Å². The van der Waals surface area contributed by atoms with Crippen LogP contribution in [-0.2, 0) is 0 Å². The lowest BCUT2D eigenvalue weighted by molar-refractivity contribution is 0.631. The summed E-state index contributed by atoms with van der Waals surface area (Å²) < 4.78 is 2.39. The summed E-state index contributed by atoms with van der Waals surface area (Å²) in [7, 11) is 0. The minimum atomic E-state index is 0.238. The molecule has 9 rings (SSSR count). The van der Waals surface area contributed by atoms with Gasteiger partial charge in [-0.1, -0.05) is 133 Å². The second kappa shape index (κ2) is 9.50. The Bertz CT molecular complexity index is 2330. The summed E-state index contributed by atoms with van der Waals surface area (Å²) in [5, 5.41) is 7.09. The summed E-state index contributed by atoms with van der Waals surface area (Å²) in [6.07, 6.45) is 9.73. The topological polar surface area (TPSA) is 30.7 Å². The molecule has 43 heavy (non-hydrogen) atoms. The normalized spacial score (nSPS) is 14.9. The Hall–Kier alpha value is -5.54. The van der Waals surface area contributed by atoms with E-state index < -0.39 is 0 Å². The minimum Gasteiger partial charge on any atom is -0.317 e. The van der Waals surface area contributed by atoms with Gasteiger partial charge in [-0.15, -0.1) is 0 Å². The van der Waals surface area contributed by atoms with Crippen molar-refractivity contribution in [3.63, 3.8) is 0 Å². The lowest BCUT2D eigenvalue weighted by Crippen LogP contribution is -2.08. The van der Waals surface area contributed by atoms with E-state index >= 15 is 0 Å². The molecule has 0 fully saturated rings. The van der Waals surface area contributed by atoms with E-state index in [2.05, 4.69) is 150 Å². The third-order valence-electron chi connectivity index (χ3n) is 8.88. The van der Waals surface area contributed by atoms with Gasteiger partial charge in [0.1, 0.15) is 5.82 Å². The maximum atomic E-state index is 5.35. The number of para-hydroxylation sites is 2. The summed E-state index contributed by atoms with van der Waals surface area (Å²) in [5.74, 6) is 0.999. The fourth-order valence-electron chi connectivity index (χ4n) is 6.85. The molecule has 0 aliphatic heterocycles. The number of nitrogens with zero attached hydrogens (tertiary/aromatic N) is 3. The molecule has 0 amide bonds. The van der Waals surface area contributed by atoms with E-state index in [-0.39, 0.29) is 6.04 Å². The van der Waals surface area contributed by atoms with Crippen molar-refractivity contribution in [2.45, 2.75) is 12.5 Å². The molecule has 0 N–H and O–H groups in total. The number of imidazole rings is 1. The Morgan fingerprint density at radius 3 is 1.84 bits per heavy atom. The van der Waals surface area contributed by atoms with Gasteiger partial charge in [0, 0.05) is 32.7 Å². The molecule has 6 aromatic carbocycles. The zero-order chi connectivity index (χ0) is 28.3. The van der Waals surface area contributed by atoms with Crippen LogP contribution in [0, 0.1) is 0 Å². The molecule has 1 atom stereocenters. The summed E-state index contributed by atoms with van der Waals surface area (Å²) in [5.41, 5.74) is 7.78. The molecule has 3 heteroatoms. The first kappa shape index (κ1) is 24.1. The van der Waals surface area contributed by atoms with Gasteiger partial charge in [-0.25, -0.2) is 9.97 Å². The number of pyridine rings is 1. The second-order valence-corrected chi connectivity index (χ2v) is 11.3. The van der Waals surface area contributed by atoms with Gasteiger partial charge in [0.2, 0.25) is 0 Å². The molecule has 0 saturated heterocycles. The van der Waals surface area contributed by atoms with Gasteiger partial charge >= 0.3 is 0 Å². The molecule has 1 aliphatic rings. The number of hydrogen-bond donors (Lipinski definition) is 0. The van der Waals surface area contributed by atoms with E-state index in [1.807, 2.05) is 0 Å². The van der Waals surface area contributed by atoms with Crippen LogP contribution in [0.1, 0.15) is 12.5 Å². The molecule has 0 bridgehead atoms. The van der Waals surface area contributed by atoms with E-state index in [1.165, 1.54) is 43.4 Å². The fraction of sp³-hybridized carbons (Fsp3) is 0.0500. The van der Waals surface area contributed by atoms with Crippen LogP contribution in [0.2, 0.25) is 0 Å². The van der Waals surface area contributed by atoms with Crippen LogP contribution < -0.4 is 0 Å². The van der Waals surface area contributed by atoms with Crippen molar-refractivity contribution in [2.24, 2.45) is 0 Å². The Balaban J connectivity index is 1.29. The van der Waals surface area contributed by atoms with Gasteiger partial charge in [0.15, 0.2) is 0 Å². The number of fused-ring (bicyclic) bond motifs is 7. The molecule has 8 aromatic rings. The third-order valence-corrected chi connectivity index (χ3v) is 8.88. The zero-order valence-electron chi connectivity index (χ0n) is 23.5. The van der Waals surface area contributed by atoms with Gasteiger partial charge < -0.3 is 4.57 Å². The largest absolute Gasteiger partial charge is 0.317 e. The molecule has 2 heterocycles. The van der Waals surface area contributed by atoms with Crippen LogP contribution in [0.25, 0.3) is 76.9 Å². The summed E-state index contributed by atoms with van der Waals surface area (Å²) in [4.78, 5) is 10.5. The fourth-order valence-corrected chi connectivity index (χ4v) is 6.85. The van der Waals surface area contributed by atoms with Gasteiger partial charge in [0.25, 0.3) is 0 Å². The lowest BCUT2D eigenvalue weighted by atomic mass is 9.92. The van der Waals surface area contributed by atoms with Gasteiger partial charge in [0.05, 0.1) is 28.1 Å².